The zero-order valence-electron chi connectivity index (χ0n) is 13.9. The van der Waals surface area contributed by atoms with E-state index in [1.54, 1.807) is 12.1 Å². The van der Waals surface area contributed by atoms with Crippen LogP contribution in [0.15, 0.2) is 48.5 Å². The second-order valence-electron chi connectivity index (χ2n) is 6.38. The molecule has 2 rings (SSSR count). The van der Waals surface area contributed by atoms with Gasteiger partial charge in [-0.25, -0.2) is 9.18 Å². The lowest BCUT2D eigenvalue weighted by atomic mass is 9.85. The molecule has 0 aromatic heterocycles. The fourth-order valence-electron chi connectivity index (χ4n) is 2.34. The normalized spacial score (nSPS) is 11.2. The number of benzene rings is 2. The van der Waals surface area contributed by atoms with Gasteiger partial charge in [0.2, 0.25) is 0 Å². The summed E-state index contributed by atoms with van der Waals surface area (Å²) in [4.78, 5) is 11.9. The lowest BCUT2D eigenvalue weighted by Crippen LogP contribution is -2.42. The van der Waals surface area contributed by atoms with Crippen LogP contribution in [0.2, 0.25) is 5.02 Å². The Balaban J connectivity index is 1.75. The zero-order chi connectivity index (χ0) is 17.6. The molecule has 2 N–H and O–H groups in total. The maximum Gasteiger partial charge on any atom is 0.314 e. The summed E-state index contributed by atoms with van der Waals surface area (Å²) in [7, 11) is 0. The van der Waals surface area contributed by atoms with Crippen molar-refractivity contribution in [1.82, 2.24) is 10.6 Å². The average Bonchev–Trinajstić information content (AvgIpc) is 2.55. The Hall–Kier alpha value is -2.07. The quantitative estimate of drug-likeness (QED) is 0.803. The van der Waals surface area contributed by atoms with Crippen molar-refractivity contribution in [2.75, 3.05) is 13.1 Å². The molecule has 0 radical (unpaired) electrons. The Kier molecular flexibility index (Phi) is 6.21. The lowest BCUT2D eigenvalue weighted by molar-refractivity contribution is 0.238. The van der Waals surface area contributed by atoms with Crippen LogP contribution in [0, 0.1) is 5.82 Å². The third-order valence-corrected chi connectivity index (χ3v) is 4.18. The van der Waals surface area contributed by atoms with Crippen molar-refractivity contribution < 1.29 is 9.18 Å². The third kappa shape index (κ3) is 5.53. The molecule has 0 aliphatic rings. The molecule has 0 atom stereocenters. The van der Waals surface area contributed by atoms with E-state index in [0.717, 1.165) is 11.1 Å². The molecule has 128 valence electrons. The van der Waals surface area contributed by atoms with E-state index in [-0.39, 0.29) is 17.3 Å². The molecule has 0 saturated carbocycles. The summed E-state index contributed by atoms with van der Waals surface area (Å²) in [6.07, 6.45) is 0.661. The molecular formula is C19H22ClFN2O. The van der Waals surface area contributed by atoms with Gasteiger partial charge < -0.3 is 10.6 Å². The molecule has 3 nitrogen and oxygen atoms in total. The Morgan fingerprint density at radius 3 is 2.29 bits per heavy atom. The number of halogens is 2. The number of hydrogen-bond donors (Lipinski definition) is 2. The van der Waals surface area contributed by atoms with E-state index in [9.17, 15) is 9.18 Å². The molecule has 24 heavy (non-hydrogen) atoms. The number of carbonyl (C=O) groups is 1. The minimum atomic E-state index is -0.256. The van der Waals surface area contributed by atoms with Gasteiger partial charge in [-0.2, -0.15) is 0 Å². The zero-order valence-corrected chi connectivity index (χ0v) is 14.7. The summed E-state index contributed by atoms with van der Waals surface area (Å²) in [6.45, 7) is 5.14. The van der Waals surface area contributed by atoms with Crippen LogP contribution in [0.5, 0.6) is 0 Å². The van der Waals surface area contributed by atoms with Gasteiger partial charge in [-0.3, -0.25) is 0 Å². The summed E-state index contributed by atoms with van der Waals surface area (Å²) >= 11 is 5.91. The number of hydrogen-bond acceptors (Lipinski definition) is 1. The third-order valence-electron chi connectivity index (χ3n) is 3.93. The van der Waals surface area contributed by atoms with Gasteiger partial charge in [-0.05, 0) is 41.8 Å². The first kappa shape index (κ1) is 18.3. The largest absolute Gasteiger partial charge is 0.338 e. The number of nitrogens with one attached hydrogen (secondary N) is 2. The van der Waals surface area contributed by atoms with Crippen molar-refractivity contribution >= 4 is 17.6 Å². The van der Waals surface area contributed by atoms with E-state index in [1.807, 2.05) is 24.3 Å². The Bertz CT molecular complexity index is 669. The van der Waals surface area contributed by atoms with Crippen molar-refractivity contribution in [3.8, 4) is 0 Å². The maximum atomic E-state index is 12.8. The molecule has 0 unspecified atom stereocenters. The molecule has 2 aromatic rings. The Morgan fingerprint density at radius 2 is 1.67 bits per heavy atom. The van der Waals surface area contributed by atoms with Crippen LogP contribution < -0.4 is 10.6 Å². The van der Waals surface area contributed by atoms with E-state index in [4.69, 9.17) is 11.6 Å². The average molecular weight is 349 g/mol. The first-order chi connectivity index (χ1) is 11.4. The second-order valence-corrected chi connectivity index (χ2v) is 6.81. The minimum absolute atomic E-state index is 0.196. The minimum Gasteiger partial charge on any atom is -0.338 e. The van der Waals surface area contributed by atoms with Crippen LogP contribution in [0.3, 0.4) is 0 Å². The molecule has 0 fully saturated rings. The highest BCUT2D eigenvalue weighted by atomic mass is 35.5. The van der Waals surface area contributed by atoms with E-state index < -0.39 is 0 Å². The van der Waals surface area contributed by atoms with Gasteiger partial charge in [0.25, 0.3) is 0 Å². The van der Waals surface area contributed by atoms with Crippen molar-refractivity contribution in [2.45, 2.75) is 25.7 Å². The first-order valence-corrected chi connectivity index (χ1v) is 8.27. The summed E-state index contributed by atoms with van der Waals surface area (Å²) in [5, 5.41) is 6.40. The SMILES string of the molecule is CC(C)(CNC(=O)NCCc1ccc(F)cc1)c1ccc(Cl)cc1. The molecule has 2 amide bonds. The van der Waals surface area contributed by atoms with Crippen molar-refractivity contribution in [2.24, 2.45) is 0 Å². The Labute approximate surface area is 147 Å². The van der Waals surface area contributed by atoms with Crippen molar-refractivity contribution in [3.63, 3.8) is 0 Å². The van der Waals surface area contributed by atoms with E-state index >= 15 is 0 Å². The fourth-order valence-corrected chi connectivity index (χ4v) is 2.46. The summed E-state index contributed by atoms with van der Waals surface area (Å²) in [5.41, 5.74) is 1.90. The van der Waals surface area contributed by atoms with E-state index in [0.29, 0.717) is 24.5 Å². The van der Waals surface area contributed by atoms with Gasteiger partial charge in [-0.15, -0.1) is 0 Å². The van der Waals surface area contributed by atoms with Crippen LogP contribution in [0.1, 0.15) is 25.0 Å². The summed E-state index contributed by atoms with van der Waals surface area (Å²) < 4.78 is 12.8. The first-order valence-electron chi connectivity index (χ1n) is 7.89. The van der Waals surface area contributed by atoms with Gasteiger partial charge in [0.1, 0.15) is 5.82 Å². The highest BCUT2D eigenvalue weighted by Gasteiger charge is 2.21. The number of urea groups is 1. The highest BCUT2D eigenvalue weighted by Crippen LogP contribution is 2.23. The van der Waals surface area contributed by atoms with Gasteiger partial charge in [-0.1, -0.05) is 49.7 Å². The Morgan fingerprint density at radius 1 is 1.04 bits per heavy atom. The molecule has 0 spiro atoms. The van der Waals surface area contributed by atoms with Gasteiger partial charge in [0.05, 0.1) is 0 Å². The molecule has 0 bridgehead atoms. The van der Waals surface area contributed by atoms with Crippen LogP contribution >= 0.6 is 11.6 Å². The summed E-state index contributed by atoms with van der Waals surface area (Å²) in [6, 6.07) is 13.7. The second kappa shape index (κ2) is 8.15. The number of amides is 2. The molecular weight excluding hydrogens is 327 g/mol. The predicted octanol–water partition coefficient (Wildman–Crippen LogP) is 4.30. The predicted molar refractivity (Wildman–Crippen MR) is 96.0 cm³/mol. The maximum absolute atomic E-state index is 12.8. The number of rotatable bonds is 6. The van der Waals surface area contributed by atoms with Crippen molar-refractivity contribution in [1.29, 1.82) is 0 Å². The van der Waals surface area contributed by atoms with Gasteiger partial charge >= 0.3 is 6.03 Å². The fraction of sp³-hybridized carbons (Fsp3) is 0.316. The topological polar surface area (TPSA) is 41.1 Å². The van der Waals surface area contributed by atoms with Crippen molar-refractivity contribution in [3.05, 3.63) is 70.5 Å². The van der Waals surface area contributed by atoms with Crippen LogP contribution in [0.25, 0.3) is 0 Å². The molecule has 0 saturated heterocycles. The van der Waals surface area contributed by atoms with Crippen LogP contribution in [-0.2, 0) is 11.8 Å². The van der Waals surface area contributed by atoms with Crippen LogP contribution in [0.4, 0.5) is 9.18 Å². The van der Waals surface area contributed by atoms with Crippen LogP contribution in [-0.4, -0.2) is 19.1 Å². The monoisotopic (exact) mass is 348 g/mol. The van der Waals surface area contributed by atoms with E-state index in [2.05, 4.69) is 24.5 Å². The van der Waals surface area contributed by atoms with Gasteiger partial charge in [0.15, 0.2) is 0 Å². The molecule has 5 heteroatoms. The molecule has 2 aromatic carbocycles. The smallest absolute Gasteiger partial charge is 0.314 e. The summed E-state index contributed by atoms with van der Waals surface area (Å²) in [5.74, 6) is -0.256. The highest BCUT2D eigenvalue weighted by molar-refractivity contribution is 6.30. The standard InChI is InChI=1S/C19H22ClFN2O/c1-19(2,15-5-7-16(20)8-6-15)13-23-18(24)22-12-11-14-3-9-17(21)10-4-14/h3-10H,11-13H2,1-2H3,(H2,22,23,24). The van der Waals surface area contributed by atoms with Gasteiger partial charge in [0, 0.05) is 23.5 Å². The number of carbonyl (C=O) groups excluding carboxylic acids is 1. The lowest BCUT2D eigenvalue weighted by Gasteiger charge is -2.25. The molecule has 0 heterocycles. The molecule has 0 aliphatic heterocycles. The molecule has 0 aliphatic carbocycles. The van der Waals surface area contributed by atoms with E-state index in [1.165, 1.54) is 12.1 Å².